The first kappa shape index (κ1) is 12.4. The summed E-state index contributed by atoms with van der Waals surface area (Å²) in [6, 6.07) is 16.3. The molecule has 0 fully saturated rings. The third kappa shape index (κ3) is 2.40. The monoisotopic (exact) mass is 267 g/mol. The van der Waals surface area contributed by atoms with Crippen LogP contribution in [-0.4, -0.2) is 18.0 Å². The molecule has 4 nitrogen and oxygen atoms in total. The van der Waals surface area contributed by atoms with E-state index in [-0.39, 0.29) is 5.91 Å². The molecule has 1 N–H and O–H groups in total. The minimum atomic E-state index is -0.780. The fourth-order valence-electron chi connectivity index (χ4n) is 2.22. The van der Waals surface area contributed by atoms with Gasteiger partial charge >= 0.3 is 5.97 Å². The van der Waals surface area contributed by atoms with Crippen molar-refractivity contribution in [1.29, 1.82) is 0 Å². The molecule has 0 spiro atoms. The van der Waals surface area contributed by atoms with E-state index in [0.717, 1.165) is 5.56 Å². The molecule has 0 bridgehead atoms. The molecule has 1 amide bonds. The normalized spacial score (nSPS) is 17.0. The van der Waals surface area contributed by atoms with Gasteiger partial charge in [0.15, 0.2) is 6.10 Å². The predicted octanol–water partition coefficient (Wildman–Crippen LogP) is 2.41. The summed E-state index contributed by atoms with van der Waals surface area (Å²) in [5.74, 6) is -0.751. The number of hydrogen-bond donors (Lipinski definition) is 1. The summed E-state index contributed by atoms with van der Waals surface area (Å²) in [6.45, 7) is 0. The lowest BCUT2D eigenvalue weighted by molar-refractivity contribution is -0.125. The van der Waals surface area contributed by atoms with E-state index < -0.39 is 12.1 Å². The molecule has 0 aromatic heterocycles. The maximum absolute atomic E-state index is 12.1. The predicted molar refractivity (Wildman–Crippen MR) is 74.4 cm³/mol. The number of rotatable bonds is 2. The summed E-state index contributed by atoms with van der Waals surface area (Å²) in [7, 11) is 0. The van der Waals surface area contributed by atoms with E-state index in [9.17, 15) is 9.59 Å². The smallest absolute Gasteiger partial charge is 0.339 e. The van der Waals surface area contributed by atoms with E-state index in [1.165, 1.54) is 0 Å². The van der Waals surface area contributed by atoms with Crippen LogP contribution >= 0.6 is 0 Å². The summed E-state index contributed by atoms with van der Waals surface area (Å²) in [4.78, 5) is 24.0. The highest BCUT2D eigenvalue weighted by Crippen LogP contribution is 2.21. The highest BCUT2D eigenvalue weighted by atomic mass is 16.5. The number of hydrogen-bond acceptors (Lipinski definition) is 3. The van der Waals surface area contributed by atoms with Crippen LogP contribution in [0.15, 0.2) is 54.6 Å². The Morgan fingerprint density at radius 3 is 2.55 bits per heavy atom. The first-order valence-electron chi connectivity index (χ1n) is 6.39. The average molecular weight is 267 g/mol. The van der Waals surface area contributed by atoms with E-state index in [1.807, 2.05) is 30.3 Å². The zero-order valence-electron chi connectivity index (χ0n) is 10.7. The number of amides is 1. The van der Waals surface area contributed by atoms with E-state index in [1.54, 1.807) is 24.3 Å². The number of fused-ring (bicyclic) bond motifs is 1. The van der Waals surface area contributed by atoms with Gasteiger partial charge in [0.1, 0.15) is 0 Å². The molecule has 3 rings (SSSR count). The van der Waals surface area contributed by atoms with Crippen LogP contribution in [0.5, 0.6) is 0 Å². The van der Waals surface area contributed by atoms with Crippen molar-refractivity contribution in [1.82, 2.24) is 0 Å². The summed E-state index contributed by atoms with van der Waals surface area (Å²) < 4.78 is 5.20. The number of carbonyl (C=O) groups is 2. The van der Waals surface area contributed by atoms with Crippen LogP contribution in [0.25, 0.3) is 0 Å². The van der Waals surface area contributed by atoms with E-state index >= 15 is 0 Å². The Morgan fingerprint density at radius 1 is 1.05 bits per heavy atom. The second-order valence-electron chi connectivity index (χ2n) is 4.61. The van der Waals surface area contributed by atoms with Crippen LogP contribution in [0.4, 0.5) is 5.69 Å². The van der Waals surface area contributed by atoms with Gasteiger partial charge in [0.05, 0.1) is 5.56 Å². The number of nitrogens with one attached hydrogen (secondary N) is 1. The van der Waals surface area contributed by atoms with Crippen molar-refractivity contribution in [2.75, 3.05) is 5.32 Å². The van der Waals surface area contributed by atoms with Crippen LogP contribution in [0.2, 0.25) is 0 Å². The Hall–Kier alpha value is -2.62. The lowest BCUT2D eigenvalue weighted by Gasteiger charge is -2.23. The molecule has 1 atom stereocenters. The average Bonchev–Trinajstić information content (AvgIpc) is 2.48. The van der Waals surface area contributed by atoms with Gasteiger partial charge in [0.2, 0.25) is 0 Å². The Morgan fingerprint density at radius 2 is 1.75 bits per heavy atom. The molecule has 0 saturated carbocycles. The van der Waals surface area contributed by atoms with Gasteiger partial charge in [-0.15, -0.1) is 0 Å². The molecule has 4 heteroatoms. The van der Waals surface area contributed by atoms with Crippen molar-refractivity contribution in [2.45, 2.75) is 12.5 Å². The lowest BCUT2D eigenvalue weighted by atomic mass is 9.98. The molecule has 2 aromatic carbocycles. The van der Waals surface area contributed by atoms with Crippen LogP contribution in [-0.2, 0) is 16.0 Å². The fraction of sp³-hybridized carbons (Fsp3) is 0.125. The van der Waals surface area contributed by atoms with Crippen molar-refractivity contribution in [3.8, 4) is 0 Å². The Labute approximate surface area is 116 Å². The molecule has 20 heavy (non-hydrogen) atoms. The largest absolute Gasteiger partial charge is 0.448 e. The SMILES string of the molecule is O=C1O[C@H](C(=O)Nc2ccccc2)Cc2ccccc21. The van der Waals surface area contributed by atoms with Crippen LogP contribution in [0.3, 0.4) is 0 Å². The molecule has 0 unspecified atom stereocenters. The van der Waals surface area contributed by atoms with Crippen LogP contribution < -0.4 is 5.32 Å². The third-order valence-electron chi connectivity index (χ3n) is 3.23. The van der Waals surface area contributed by atoms with Gasteiger partial charge < -0.3 is 10.1 Å². The summed E-state index contributed by atoms with van der Waals surface area (Å²) in [5.41, 5.74) is 2.07. The van der Waals surface area contributed by atoms with E-state index in [2.05, 4.69) is 5.32 Å². The molecule has 1 aliphatic heterocycles. The lowest BCUT2D eigenvalue weighted by Crippen LogP contribution is -2.37. The summed E-state index contributed by atoms with van der Waals surface area (Å²) in [5, 5.41) is 2.75. The maximum Gasteiger partial charge on any atom is 0.339 e. The number of anilines is 1. The standard InChI is InChI=1S/C16H13NO3/c18-15(17-12-7-2-1-3-8-12)14-10-11-6-4-5-9-13(11)16(19)20-14/h1-9,14H,10H2,(H,17,18)/t14-/m0/s1. The number of para-hydroxylation sites is 1. The zero-order valence-corrected chi connectivity index (χ0v) is 10.7. The molecule has 1 aliphatic rings. The molecular formula is C16H13NO3. The molecule has 2 aromatic rings. The number of cyclic esters (lactones) is 1. The Bertz CT molecular complexity index is 652. The fourth-order valence-corrected chi connectivity index (χ4v) is 2.22. The van der Waals surface area contributed by atoms with Gasteiger partial charge in [0, 0.05) is 12.1 Å². The second kappa shape index (κ2) is 5.17. The molecule has 0 saturated heterocycles. The first-order valence-corrected chi connectivity index (χ1v) is 6.39. The van der Waals surface area contributed by atoms with Crippen LogP contribution in [0, 0.1) is 0 Å². The Balaban J connectivity index is 1.76. The minimum Gasteiger partial charge on any atom is -0.448 e. The topological polar surface area (TPSA) is 55.4 Å². The van der Waals surface area contributed by atoms with Gasteiger partial charge in [-0.25, -0.2) is 4.79 Å². The van der Waals surface area contributed by atoms with Crippen molar-refractivity contribution in [2.24, 2.45) is 0 Å². The molecule has 1 heterocycles. The third-order valence-corrected chi connectivity index (χ3v) is 3.23. The van der Waals surface area contributed by atoms with Crippen molar-refractivity contribution in [3.05, 3.63) is 65.7 Å². The van der Waals surface area contributed by atoms with Gasteiger partial charge in [-0.3, -0.25) is 4.79 Å². The molecule has 0 aliphatic carbocycles. The number of benzene rings is 2. The van der Waals surface area contributed by atoms with Crippen molar-refractivity contribution in [3.63, 3.8) is 0 Å². The maximum atomic E-state index is 12.1. The van der Waals surface area contributed by atoms with E-state index in [0.29, 0.717) is 17.7 Å². The van der Waals surface area contributed by atoms with Gasteiger partial charge in [-0.05, 0) is 23.8 Å². The highest BCUT2D eigenvalue weighted by Gasteiger charge is 2.30. The van der Waals surface area contributed by atoms with Crippen molar-refractivity contribution >= 4 is 17.6 Å². The minimum absolute atomic E-state index is 0.306. The van der Waals surface area contributed by atoms with E-state index in [4.69, 9.17) is 4.74 Å². The van der Waals surface area contributed by atoms with Gasteiger partial charge in [0.25, 0.3) is 5.91 Å². The number of esters is 1. The number of carbonyl (C=O) groups excluding carboxylic acids is 2. The van der Waals surface area contributed by atoms with Gasteiger partial charge in [-0.1, -0.05) is 36.4 Å². The molecule has 0 radical (unpaired) electrons. The van der Waals surface area contributed by atoms with Crippen LogP contribution in [0.1, 0.15) is 15.9 Å². The quantitative estimate of drug-likeness (QED) is 0.850. The molecular weight excluding hydrogens is 254 g/mol. The summed E-state index contributed by atoms with van der Waals surface area (Å²) >= 11 is 0. The Kier molecular flexibility index (Phi) is 3.21. The van der Waals surface area contributed by atoms with Gasteiger partial charge in [-0.2, -0.15) is 0 Å². The zero-order chi connectivity index (χ0) is 13.9. The first-order chi connectivity index (χ1) is 9.74. The summed E-state index contributed by atoms with van der Waals surface area (Å²) in [6.07, 6.45) is -0.377. The molecule has 100 valence electrons. The van der Waals surface area contributed by atoms with Crippen molar-refractivity contribution < 1.29 is 14.3 Å². The highest BCUT2D eigenvalue weighted by molar-refractivity contribution is 6.00. The number of ether oxygens (including phenoxy) is 1. The second-order valence-corrected chi connectivity index (χ2v) is 4.61.